The molecule has 0 saturated carbocycles. The molecule has 6 nitrogen and oxygen atoms in total. The van der Waals surface area contributed by atoms with Crippen LogP contribution < -0.4 is 10.2 Å². The highest BCUT2D eigenvalue weighted by molar-refractivity contribution is 5.92. The normalized spacial score (nSPS) is 16.3. The van der Waals surface area contributed by atoms with E-state index in [1.165, 1.54) is 0 Å². The number of benzene rings is 1. The monoisotopic (exact) mass is 283 g/mol. The van der Waals surface area contributed by atoms with E-state index < -0.39 is 0 Å². The summed E-state index contributed by atoms with van der Waals surface area (Å²) in [5.74, 6) is 1.52. The van der Waals surface area contributed by atoms with Crippen molar-refractivity contribution in [1.29, 1.82) is 0 Å². The maximum atomic E-state index is 5.57. The molecule has 1 aliphatic heterocycles. The molecule has 108 valence electrons. The van der Waals surface area contributed by atoms with E-state index in [0.29, 0.717) is 0 Å². The Hall–Kier alpha value is -2.34. The molecule has 1 fully saturated rings. The van der Waals surface area contributed by atoms with E-state index in [2.05, 4.69) is 25.4 Å². The van der Waals surface area contributed by atoms with Gasteiger partial charge in [0.05, 0.1) is 5.56 Å². The van der Waals surface area contributed by atoms with Crippen molar-refractivity contribution in [3.63, 3.8) is 0 Å². The molecule has 0 amide bonds. The molecule has 2 aromatic heterocycles. The number of anilines is 1. The van der Waals surface area contributed by atoms with E-state index >= 15 is 0 Å². The second-order valence-corrected chi connectivity index (χ2v) is 5.22. The van der Waals surface area contributed by atoms with Gasteiger partial charge in [0, 0.05) is 25.0 Å². The lowest BCUT2D eigenvalue weighted by atomic mass is 10.2. The predicted octanol–water partition coefficient (Wildman–Crippen LogP) is 2.02. The average Bonchev–Trinajstić information content (AvgIpc) is 3.07. The molecule has 21 heavy (non-hydrogen) atoms. The van der Waals surface area contributed by atoms with Gasteiger partial charge >= 0.3 is 0 Å². The molecule has 1 aromatic carbocycles. The van der Waals surface area contributed by atoms with Gasteiger partial charge in [0.25, 0.3) is 0 Å². The largest absolute Gasteiger partial charge is 0.464 e. The van der Waals surface area contributed by atoms with Gasteiger partial charge in [-0.25, -0.2) is 0 Å². The minimum atomic E-state index is 0.757. The van der Waals surface area contributed by atoms with Crippen LogP contribution in [0.2, 0.25) is 0 Å². The highest BCUT2D eigenvalue weighted by atomic mass is 16.3. The number of nitrogens with zero attached hydrogens (tertiary/aromatic N) is 3. The lowest BCUT2D eigenvalue weighted by molar-refractivity contribution is 0.616. The smallest absolute Gasteiger partial charge is 0.245 e. The number of aromatic amines is 1. The number of hydrogen-bond donors (Lipinski definition) is 2. The number of fused-ring (bicyclic) bond motifs is 1. The summed E-state index contributed by atoms with van der Waals surface area (Å²) < 4.78 is 5.57. The molecule has 0 spiro atoms. The summed E-state index contributed by atoms with van der Waals surface area (Å²) >= 11 is 0. The van der Waals surface area contributed by atoms with Crippen LogP contribution in [0.5, 0.6) is 0 Å². The first kappa shape index (κ1) is 12.4. The van der Waals surface area contributed by atoms with Crippen molar-refractivity contribution in [2.75, 3.05) is 31.1 Å². The predicted molar refractivity (Wildman–Crippen MR) is 81.3 cm³/mol. The molecule has 2 N–H and O–H groups in total. The third-order valence-electron chi connectivity index (χ3n) is 3.83. The Morgan fingerprint density at radius 2 is 2.10 bits per heavy atom. The maximum Gasteiger partial charge on any atom is 0.245 e. The molecule has 0 atom stereocenters. The van der Waals surface area contributed by atoms with Crippen molar-refractivity contribution < 1.29 is 4.42 Å². The molecule has 0 unspecified atom stereocenters. The summed E-state index contributed by atoms with van der Waals surface area (Å²) in [7, 11) is 0. The fraction of sp³-hybridized carbons (Fsp3) is 0.333. The first-order chi connectivity index (χ1) is 10.4. The molecule has 3 heterocycles. The highest BCUT2D eigenvalue weighted by Gasteiger charge is 2.16. The Morgan fingerprint density at radius 1 is 1.14 bits per heavy atom. The van der Waals surface area contributed by atoms with Crippen LogP contribution in [0.3, 0.4) is 0 Å². The van der Waals surface area contributed by atoms with Crippen LogP contribution in [0.1, 0.15) is 6.42 Å². The van der Waals surface area contributed by atoms with Gasteiger partial charge in [-0.3, -0.25) is 5.10 Å². The van der Waals surface area contributed by atoms with E-state index in [1.807, 2.05) is 24.3 Å². The second kappa shape index (κ2) is 5.21. The molecule has 3 aromatic rings. The fourth-order valence-electron chi connectivity index (χ4n) is 2.72. The molecular formula is C15H17N5O. The molecule has 0 radical (unpaired) electrons. The average molecular weight is 283 g/mol. The van der Waals surface area contributed by atoms with E-state index in [1.54, 1.807) is 6.26 Å². The standard InChI is InChI=1S/C15H17N5O/c1-2-5-13-11(4-1)12(10-21-13)14-17-15(19-18-14)20-8-3-6-16-7-9-20/h1-2,4-5,10,16H,3,6-9H2,(H,17,18,19). The molecule has 0 aliphatic carbocycles. The Morgan fingerprint density at radius 3 is 3.10 bits per heavy atom. The van der Waals surface area contributed by atoms with Crippen LogP contribution in [0.25, 0.3) is 22.4 Å². The zero-order valence-electron chi connectivity index (χ0n) is 11.7. The molecule has 1 saturated heterocycles. The Bertz CT molecular complexity index is 739. The number of hydrogen-bond acceptors (Lipinski definition) is 5. The van der Waals surface area contributed by atoms with Gasteiger partial charge in [-0.15, -0.1) is 5.10 Å². The third kappa shape index (κ3) is 2.27. The number of aromatic nitrogens is 3. The highest BCUT2D eigenvalue weighted by Crippen LogP contribution is 2.28. The Balaban J connectivity index is 1.67. The van der Waals surface area contributed by atoms with Gasteiger partial charge in [-0.1, -0.05) is 18.2 Å². The third-order valence-corrected chi connectivity index (χ3v) is 3.83. The molecule has 4 rings (SSSR count). The first-order valence-corrected chi connectivity index (χ1v) is 7.26. The Labute approximate surface area is 122 Å². The van der Waals surface area contributed by atoms with E-state index in [0.717, 1.165) is 60.9 Å². The molecule has 6 heteroatoms. The zero-order valence-corrected chi connectivity index (χ0v) is 11.7. The maximum absolute atomic E-state index is 5.57. The topological polar surface area (TPSA) is 70.0 Å². The van der Waals surface area contributed by atoms with Gasteiger partial charge < -0.3 is 14.6 Å². The van der Waals surface area contributed by atoms with Crippen molar-refractivity contribution in [2.45, 2.75) is 6.42 Å². The number of H-pyrrole nitrogens is 1. The summed E-state index contributed by atoms with van der Waals surface area (Å²) in [4.78, 5) is 6.85. The van der Waals surface area contributed by atoms with Crippen molar-refractivity contribution in [2.24, 2.45) is 0 Å². The van der Waals surface area contributed by atoms with Crippen LogP contribution >= 0.6 is 0 Å². The minimum Gasteiger partial charge on any atom is -0.464 e. The first-order valence-electron chi connectivity index (χ1n) is 7.26. The lowest BCUT2D eigenvalue weighted by Gasteiger charge is -2.16. The van der Waals surface area contributed by atoms with E-state index in [9.17, 15) is 0 Å². The van der Waals surface area contributed by atoms with Crippen molar-refractivity contribution in [1.82, 2.24) is 20.5 Å². The summed E-state index contributed by atoms with van der Waals surface area (Å²) in [5.41, 5.74) is 1.82. The van der Waals surface area contributed by atoms with Crippen LogP contribution in [0.4, 0.5) is 5.95 Å². The van der Waals surface area contributed by atoms with Crippen LogP contribution in [0, 0.1) is 0 Å². The summed E-state index contributed by atoms with van der Waals surface area (Å²) in [6.07, 6.45) is 2.84. The lowest BCUT2D eigenvalue weighted by Crippen LogP contribution is -2.28. The van der Waals surface area contributed by atoms with E-state index in [-0.39, 0.29) is 0 Å². The van der Waals surface area contributed by atoms with Crippen LogP contribution in [-0.4, -0.2) is 41.4 Å². The fourth-order valence-corrected chi connectivity index (χ4v) is 2.72. The molecule has 1 aliphatic rings. The summed E-state index contributed by atoms with van der Waals surface area (Å²) in [6.45, 7) is 3.94. The quantitative estimate of drug-likeness (QED) is 0.753. The van der Waals surface area contributed by atoms with Crippen molar-refractivity contribution >= 4 is 16.9 Å². The minimum absolute atomic E-state index is 0.757. The number of rotatable bonds is 2. The van der Waals surface area contributed by atoms with Crippen LogP contribution in [-0.2, 0) is 0 Å². The van der Waals surface area contributed by atoms with Gasteiger partial charge in [-0.2, -0.15) is 4.98 Å². The second-order valence-electron chi connectivity index (χ2n) is 5.22. The van der Waals surface area contributed by atoms with Gasteiger partial charge in [0.1, 0.15) is 11.8 Å². The summed E-state index contributed by atoms with van der Waals surface area (Å²) in [6, 6.07) is 7.95. The number of furan rings is 1. The number of para-hydroxylation sites is 1. The SMILES string of the molecule is c1ccc2c(-c3nc(N4CCCNCC4)n[nH]3)coc2c1. The van der Waals surface area contributed by atoms with E-state index in [4.69, 9.17) is 4.42 Å². The Kier molecular flexibility index (Phi) is 3.08. The molecule has 0 bridgehead atoms. The van der Waals surface area contributed by atoms with Gasteiger partial charge in [-0.05, 0) is 19.0 Å². The van der Waals surface area contributed by atoms with Crippen LogP contribution in [0.15, 0.2) is 34.9 Å². The van der Waals surface area contributed by atoms with Gasteiger partial charge in [0.2, 0.25) is 5.95 Å². The summed E-state index contributed by atoms with van der Waals surface area (Å²) in [5, 5.41) is 11.8. The number of nitrogens with one attached hydrogen (secondary N) is 2. The van der Waals surface area contributed by atoms with Crippen molar-refractivity contribution in [3.8, 4) is 11.4 Å². The zero-order chi connectivity index (χ0) is 14.1. The molecular weight excluding hydrogens is 266 g/mol. The van der Waals surface area contributed by atoms with Gasteiger partial charge in [0.15, 0.2) is 5.82 Å². The van der Waals surface area contributed by atoms with Crippen molar-refractivity contribution in [3.05, 3.63) is 30.5 Å².